The maximum Gasteiger partial charge on any atom is 0.407 e. The van der Waals surface area contributed by atoms with E-state index in [1.807, 2.05) is 36.4 Å². The van der Waals surface area contributed by atoms with Crippen LogP contribution in [0.2, 0.25) is 0 Å². The molecule has 2 N–H and O–H groups in total. The van der Waals surface area contributed by atoms with Crippen LogP contribution in [0.1, 0.15) is 43.2 Å². The van der Waals surface area contributed by atoms with Gasteiger partial charge in [0.05, 0.1) is 0 Å². The lowest BCUT2D eigenvalue weighted by Crippen LogP contribution is -2.54. The summed E-state index contributed by atoms with van der Waals surface area (Å²) in [7, 11) is 0. The van der Waals surface area contributed by atoms with Crippen LogP contribution in [0.15, 0.2) is 48.5 Å². The molecule has 2 atom stereocenters. The molecule has 0 saturated carbocycles. The Morgan fingerprint density at radius 2 is 1.68 bits per heavy atom. The molecule has 4 rings (SSSR count). The number of carbonyl (C=O) groups excluding carboxylic acids is 2. The van der Waals surface area contributed by atoms with Gasteiger partial charge in [-0.15, -0.1) is 0 Å². The number of amides is 2. The van der Waals surface area contributed by atoms with E-state index in [0.29, 0.717) is 13.0 Å². The van der Waals surface area contributed by atoms with Gasteiger partial charge in [-0.2, -0.15) is 0 Å². The summed E-state index contributed by atoms with van der Waals surface area (Å²) in [5, 5.41) is 11.9. The number of ether oxygens (including phenoxy) is 1. The molecule has 1 unspecified atom stereocenters. The lowest BCUT2D eigenvalue weighted by atomic mass is 9.98. The Morgan fingerprint density at radius 1 is 1.06 bits per heavy atom. The molecule has 31 heavy (non-hydrogen) atoms. The quantitative estimate of drug-likeness (QED) is 0.770. The van der Waals surface area contributed by atoms with Crippen LogP contribution in [0.25, 0.3) is 11.1 Å². The van der Waals surface area contributed by atoms with Crippen molar-refractivity contribution < 1.29 is 24.2 Å². The van der Waals surface area contributed by atoms with E-state index in [4.69, 9.17) is 4.74 Å². The summed E-state index contributed by atoms with van der Waals surface area (Å²) in [6, 6.07) is 14.4. The number of nitrogens with zero attached hydrogens (tertiary/aromatic N) is 1. The number of piperidine rings is 1. The minimum atomic E-state index is -1.01. The predicted molar refractivity (Wildman–Crippen MR) is 115 cm³/mol. The molecular formula is C24H26N2O5. The zero-order valence-electron chi connectivity index (χ0n) is 17.4. The second kappa shape index (κ2) is 8.79. The third kappa shape index (κ3) is 4.13. The van der Waals surface area contributed by atoms with Gasteiger partial charge in [-0.05, 0) is 48.4 Å². The highest BCUT2D eigenvalue weighted by Crippen LogP contribution is 2.44. The Morgan fingerprint density at radius 3 is 2.29 bits per heavy atom. The molecule has 2 aromatic carbocycles. The largest absolute Gasteiger partial charge is 0.480 e. The lowest BCUT2D eigenvalue weighted by Gasteiger charge is -2.34. The van der Waals surface area contributed by atoms with Gasteiger partial charge in [0.1, 0.15) is 18.7 Å². The molecule has 1 heterocycles. The molecule has 0 aromatic heterocycles. The van der Waals surface area contributed by atoms with Gasteiger partial charge in [-0.3, -0.25) is 4.79 Å². The minimum Gasteiger partial charge on any atom is -0.480 e. The maximum atomic E-state index is 12.7. The fraction of sp³-hybridized carbons (Fsp3) is 0.375. The van der Waals surface area contributed by atoms with Gasteiger partial charge in [-0.25, -0.2) is 9.59 Å². The van der Waals surface area contributed by atoms with Crippen LogP contribution >= 0.6 is 0 Å². The van der Waals surface area contributed by atoms with Crippen LogP contribution in [-0.2, 0) is 14.3 Å². The van der Waals surface area contributed by atoms with Gasteiger partial charge in [0, 0.05) is 12.5 Å². The van der Waals surface area contributed by atoms with Gasteiger partial charge < -0.3 is 20.1 Å². The third-order valence-electron chi connectivity index (χ3n) is 6.12. The van der Waals surface area contributed by atoms with Crippen molar-refractivity contribution in [2.75, 3.05) is 13.2 Å². The van der Waals surface area contributed by atoms with Crippen molar-refractivity contribution in [2.45, 2.75) is 44.2 Å². The molecule has 1 fully saturated rings. The zero-order valence-corrected chi connectivity index (χ0v) is 17.4. The predicted octanol–water partition coefficient (Wildman–Crippen LogP) is 3.38. The Kier molecular flexibility index (Phi) is 5.93. The fourth-order valence-corrected chi connectivity index (χ4v) is 4.58. The zero-order chi connectivity index (χ0) is 22.0. The van der Waals surface area contributed by atoms with Gasteiger partial charge in [0.2, 0.25) is 5.91 Å². The van der Waals surface area contributed by atoms with Crippen molar-refractivity contribution in [2.24, 2.45) is 0 Å². The summed E-state index contributed by atoms with van der Waals surface area (Å²) in [6.07, 6.45) is 1.27. The van der Waals surface area contributed by atoms with E-state index in [2.05, 4.69) is 17.4 Å². The number of aliphatic carboxylic acids is 1. The van der Waals surface area contributed by atoms with Crippen molar-refractivity contribution in [1.29, 1.82) is 0 Å². The van der Waals surface area contributed by atoms with Crippen LogP contribution in [0.5, 0.6) is 0 Å². The lowest BCUT2D eigenvalue weighted by molar-refractivity contribution is -0.152. The number of carboxylic acid groups (broad SMARTS) is 1. The smallest absolute Gasteiger partial charge is 0.407 e. The number of benzene rings is 2. The van der Waals surface area contributed by atoms with Crippen LogP contribution in [-0.4, -0.2) is 53.2 Å². The molecule has 2 amide bonds. The van der Waals surface area contributed by atoms with Gasteiger partial charge >= 0.3 is 12.1 Å². The first kappa shape index (κ1) is 20.9. The van der Waals surface area contributed by atoms with E-state index in [-0.39, 0.29) is 12.5 Å². The van der Waals surface area contributed by atoms with E-state index in [1.165, 1.54) is 4.90 Å². The van der Waals surface area contributed by atoms with Crippen molar-refractivity contribution in [1.82, 2.24) is 10.2 Å². The van der Waals surface area contributed by atoms with Crippen molar-refractivity contribution in [3.05, 3.63) is 59.7 Å². The molecule has 7 heteroatoms. The van der Waals surface area contributed by atoms with E-state index in [9.17, 15) is 19.5 Å². The first-order valence-corrected chi connectivity index (χ1v) is 10.6. The average molecular weight is 422 g/mol. The normalized spacial score (nSPS) is 18.6. The summed E-state index contributed by atoms with van der Waals surface area (Å²) >= 11 is 0. The number of carboxylic acids is 1. The van der Waals surface area contributed by atoms with Gasteiger partial charge in [0.15, 0.2) is 0 Å². The Hall–Kier alpha value is -3.35. The fourth-order valence-electron chi connectivity index (χ4n) is 4.58. The second-order valence-corrected chi connectivity index (χ2v) is 8.07. The number of rotatable bonds is 5. The highest BCUT2D eigenvalue weighted by atomic mass is 16.5. The van der Waals surface area contributed by atoms with Crippen LogP contribution in [0, 0.1) is 0 Å². The summed E-state index contributed by atoms with van der Waals surface area (Å²) in [5.74, 6) is -1.48. The molecule has 1 saturated heterocycles. The highest BCUT2D eigenvalue weighted by molar-refractivity contribution is 5.89. The summed E-state index contributed by atoms with van der Waals surface area (Å²) in [6.45, 7) is 2.09. The Bertz CT molecular complexity index is 959. The highest BCUT2D eigenvalue weighted by Gasteiger charge is 2.35. The molecule has 1 aliphatic carbocycles. The number of carbonyl (C=O) groups is 3. The van der Waals surface area contributed by atoms with Crippen molar-refractivity contribution in [3.8, 4) is 11.1 Å². The third-order valence-corrected chi connectivity index (χ3v) is 6.12. The molecule has 7 nitrogen and oxygen atoms in total. The Labute approximate surface area is 181 Å². The second-order valence-electron chi connectivity index (χ2n) is 8.07. The topological polar surface area (TPSA) is 95.9 Å². The van der Waals surface area contributed by atoms with E-state index in [0.717, 1.165) is 35.1 Å². The number of hydrogen-bond acceptors (Lipinski definition) is 4. The van der Waals surface area contributed by atoms with Crippen LogP contribution in [0.4, 0.5) is 4.79 Å². The summed E-state index contributed by atoms with van der Waals surface area (Å²) in [4.78, 5) is 38.0. The van der Waals surface area contributed by atoms with E-state index in [1.54, 1.807) is 6.92 Å². The van der Waals surface area contributed by atoms with Crippen molar-refractivity contribution >= 4 is 18.0 Å². The van der Waals surface area contributed by atoms with E-state index < -0.39 is 30.1 Å². The number of likely N-dealkylation sites (tertiary alicyclic amines) is 1. The Balaban J connectivity index is 1.38. The molecule has 2 aromatic rings. The standard InChI is InChI=1S/C24H26N2O5/c1-15(22(27)26-13-7-6-12-21(26)23(28)29)25-24(30)31-14-20-18-10-4-2-8-16(18)17-9-3-5-11-19(17)20/h2-5,8-11,15,20-21H,6-7,12-14H2,1H3,(H,25,30)(H,28,29)/t15-,21?/m0/s1. The molecule has 0 bridgehead atoms. The SMILES string of the molecule is C[C@H](NC(=O)OCC1c2ccccc2-c2ccccc21)C(=O)N1CCCCC1C(=O)O. The first-order valence-electron chi connectivity index (χ1n) is 10.6. The summed E-state index contributed by atoms with van der Waals surface area (Å²) < 4.78 is 5.49. The maximum absolute atomic E-state index is 12.7. The monoisotopic (exact) mass is 422 g/mol. The van der Waals surface area contributed by atoms with E-state index >= 15 is 0 Å². The molecule has 1 aliphatic heterocycles. The summed E-state index contributed by atoms with van der Waals surface area (Å²) in [5.41, 5.74) is 4.50. The average Bonchev–Trinajstić information content (AvgIpc) is 3.11. The van der Waals surface area contributed by atoms with Crippen molar-refractivity contribution in [3.63, 3.8) is 0 Å². The number of hydrogen-bond donors (Lipinski definition) is 2. The minimum absolute atomic E-state index is 0.0670. The number of alkyl carbamates (subject to hydrolysis) is 1. The molecule has 162 valence electrons. The first-order chi connectivity index (χ1) is 15.0. The van der Waals surface area contributed by atoms with Gasteiger partial charge in [0.25, 0.3) is 0 Å². The number of nitrogens with one attached hydrogen (secondary N) is 1. The van der Waals surface area contributed by atoms with Crippen LogP contribution in [0.3, 0.4) is 0 Å². The molecule has 2 aliphatic rings. The number of fused-ring (bicyclic) bond motifs is 3. The molecule has 0 spiro atoms. The van der Waals surface area contributed by atoms with Crippen LogP contribution < -0.4 is 5.32 Å². The van der Waals surface area contributed by atoms with Gasteiger partial charge in [-0.1, -0.05) is 48.5 Å². The molecule has 0 radical (unpaired) electrons. The molecular weight excluding hydrogens is 396 g/mol.